The molecule has 3 aromatic rings. The summed E-state index contributed by atoms with van der Waals surface area (Å²) in [7, 11) is 0. The fourth-order valence-corrected chi connectivity index (χ4v) is 3.54. The molecule has 0 amide bonds. The fraction of sp³-hybridized carbons (Fsp3) is 0.238. The molecule has 2 aromatic heterocycles. The van der Waals surface area contributed by atoms with Crippen molar-refractivity contribution in [2.45, 2.75) is 25.4 Å². The van der Waals surface area contributed by atoms with Gasteiger partial charge in [-0.25, -0.2) is 4.98 Å². The van der Waals surface area contributed by atoms with Crippen molar-refractivity contribution < 1.29 is 14.3 Å². The molecule has 0 unspecified atom stereocenters. The van der Waals surface area contributed by atoms with Gasteiger partial charge in [0.2, 0.25) is 5.78 Å². The van der Waals surface area contributed by atoms with Crippen molar-refractivity contribution >= 4 is 34.5 Å². The second kappa shape index (κ2) is 8.84. The second-order valence-corrected chi connectivity index (χ2v) is 7.25. The van der Waals surface area contributed by atoms with Crippen LogP contribution in [0.2, 0.25) is 0 Å². The number of rotatable bonds is 8. The molecule has 0 saturated carbocycles. The van der Waals surface area contributed by atoms with Crippen molar-refractivity contribution in [2.75, 3.05) is 12.4 Å². The zero-order valence-corrected chi connectivity index (χ0v) is 16.7. The maximum atomic E-state index is 12.4. The van der Waals surface area contributed by atoms with Crippen molar-refractivity contribution in [1.29, 1.82) is 0 Å². The van der Waals surface area contributed by atoms with Crippen molar-refractivity contribution in [3.63, 3.8) is 0 Å². The third-order valence-electron chi connectivity index (χ3n) is 4.31. The third-order valence-corrected chi connectivity index (χ3v) is 5.19. The summed E-state index contributed by atoms with van der Waals surface area (Å²) < 4.78 is 7.14. The molecule has 0 atom stereocenters. The summed E-state index contributed by atoms with van der Waals surface area (Å²) in [6.45, 7) is 7.89. The van der Waals surface area contributed by atoms with E-state index in [0.29, 0.717) is 17.1 Å². The molecule has 0 fully saturated rings. The largest absolute Gasteiger partial charge is 0.457 e. The number of fused-ring (bicyclic) bond motifs is 1. The maximum absolute atomic E-state index is 12.4. The third kappa shape index (κ3) is 4.48. The van der Waals surface area contributed by atoms with Gasteiger partial charge in [0.25, 0.3) is 0 Å². The Morgan fingerprint density at radius 2 is 2.00 bits per heavy atom. The summed E-state index contributed by atoms with van der Waals surface area (Å²) in [5.41, 5.74) is 3.96. The van der Waals surface area contributed by atoms with Crippen LogP contribution in [0.1, 0.15) is 21.7 Å². The lowest BCUT2D eigenvalue weighted by atomic mass is 10.1. The highest BCUT2D eigenvalue weighted by Gasteiger charge is 2.17. The lowest BCUT2D eigenvalue weighted by Gasteiger charge is -2.07. The zero-order valence-electron chi connectivity index (χ0n) is 15.8. The van der Waals surface area contributed by atoms with Crippen LogP contribution in [0.25, 0.3) is 11.0 Å². The first-order chi connectivity index (χ1) is 13.5. The number of ether oxygens (including phenoxy) is 1. The molecular formula is C21H21N3O3S. The van der Waals surface area contributed by atoms with Crippen LogP contribution < -0.4 is 0 Å². The number of aryl methyl sites for hydroxylation is 1. The lowest BCUT2D eigenvalue weighted by molar-refractivity contribution is -0.139. The molecule has 2 heterocycles. The molecule has 144 valence electrons. The molecular weight excluding hydrogens is 374 g/mol. The first-order valence-corrected chi connectivity index (χ1v) is 9.79. The van der Waals surface area contributed by atoms with Gasteiger partial charge in [0.1, 0.15) is 5.03 Å². The molecule has 6 nitrogen and oxygen atoms in total. The summed E-state index contributed by atoms with van der Waals surface area (Å²) >= 11 is 1.23. The Bertz CT molecular complexity index is 1040. The predicted octanol–water partition coefficient (Wildman–Crippen LogP) is 3.75. The smallest absolute Gasteiger partial charge is 0.316 e. The minimum Gasteiger partial charge on any atom is -0.457 e. The topological polar surface area (TPSA) is 74.1 Å². The van der Waals surface area contributed by atoms with Crippen LogP contribution in [-0.4, -0.2) is 38.6 Å². The monoisotopic (exact) mass is 395 g/mol. The van der Waals surface area contributed by atoms with Gasteiger partial charge in [0.15, 0.2) is 6.61 Å². The van der Waals surface area contributed by atoms with E-state index in [-0.39, 0.29) is 18.1 Å². The van der Waals surface area contributed by atoms with Crippen molar-refractivity contribution in [2.24, 2.45) is 0 Å². The average Bonchev–Trinajstić information content (AvgIpc) is 2.99. The van der Waals surface area contributed by atoms with Gasteiger partial charge in [-0.05, 0) is 32.0 Å². The lowest BCUT2D eigenvalue weighted by Crippen LogP contribution is -2.16. The Labute approximate surface area is 167 Å². The molecule has 1 aromatic carbocycles. The fourth-order valence-electron chi connectivity index (χ4n) is 2.90. The molecule has 0 aliphatic rings. The van der Waals surface area contributed by atoms with Crippen LogP contribution in [0, 0.1) is 13.8 Å². The van der Waals surface area contributed by atoms with Crippen molar-refractivity contribution in [3.05, 3.63) is 66.1 Å². The number of benzene rings is 1. The first-order valence-electron chi connectivity index (χ1n) is 8.80. The SMILES string of the molecule is C=CCn1c(C)cc(C(=O)COC(=O)CSc2cnc3ccccc3n2)c1C. The number of aromatic nitrogens is 3. The van der Waals surface area contributed by atoms with Gasteiger partial charge in [0.05, 0.1) is 23.0 Å². The molecule has 0 aliphatic carbocycles. The van der Waals surface area contributed by atoms with Gasteiger partial charge >= 0.3 is 5.97 Å². The minimum absolute atomic E-state index is 0.0653. The Morgan fingerprint density at radius 1 is 1.25 bits per heavy atom. The number of para-hydroxylation sites is 2. The quantitative estimate of drug-likeness (QED) is 0.250. The zero-order chi connectivity index (χ0) is 20.1. The van der Waals surface area contributed by atoms with E-state index in [2.05, 4.69) is 16.5 Å². The Hall–Kier alpha value is -2.93. The summed E-state index contributed by atoms with van der Waals surface area (Å²) in [6.07, 6.45) is 3.40. The van der Waals surface area contributed by atoms with Gasteiger partial charge in [-0.15, -0.1) is 6.58 Å². The first kappa shape index (κ1) is 19.8. The summed E-state index contributed by atoms with van der Waals surface area (Å²) in [5, 5.41) is 0.634. The van der Waals surface area contributed by atoms with Crippen LogP contribution in [0.3, 0.4) is 0 Å². The van der Waals surface area contributed by atoms with E-state index in [1.807, 2.05) is 48.7 Å². The van der Waals surface area contributed by atoms with Crippen LogP contribution in [0.5, 0.6) is 0 Å². The maximum Gasteiger partial charge on any atom is 0.316 e. The molecule has 0 spiro atoms. The normalized spacial score (nSPS) is 10.8. The minimum atomic E-state index is -0.465. The van der Waals surface area contributed by atoms with E-state index >= 15 is 0 Å². The summed E-state index contributed by atoms with van der Waals surface area (Å²) in [6, 6.07) is 9.34. The number of allylic oxidation sites excluding steroid dienone is 1. The molecule has 28 heavy (non-hydrogen) atoms. The molecule has 0 saturated heterocycles. The van der Waals surface area contributed by atoms with Crippen LogP contribution in [-0.2, 0) is 16.1 Å². The number of thioether (sulfide) groups is 1. The molecule has 0 aliphatic heterocycles. The van der Waals surface area contributed by atoms with E-state index in [9.17, 15) is 9.59 Å². The van der Waals surface area contributed by atoms with Crippen LogP contribution in [0.15, 0.2) is 54.2 Å². The average molecular weight is 395 g/mol. The molecule has 3 rings (SSSR count). The van der Waals surface area contributed by atoms with E-state index in [0.717, 1.165) is 22.4 Å². The van der Waals surface area contributed by atoms with Gasteiger partial charge < -0.3 is 9.30 Å². The van der Waals surface area contributed by atoms with Crippen LogP contribution in [0.4, 0.5) is 0 Å². The van der Waals surface area contributed by atoms with Gasteiger partial charge in [-0.1, -0.05) is 30.0 Å². The predicted molar refractivity (Wildman–Crippen MR) is 110 cm³/mol. The Kier molecular flexibility index (Phi) is 6.26. The number of hydrogen-bond donors (Lipinski definition) is 0. The number of Topliss-reactive ketones (excluding diaryl/α,β-unsaturated/α-hetero) is 1. The van der Waals surface area contributed by atoms with E-state index in [1.165, 1.54) is 11.8 Å². The van der Waals surface area contributed by atoms with Gasteiger partial charge in [-0.3, -0.25) is 14.6 Å². The summed E-state index contributed by atoms with van der Waals surface area (Å²) in [5.74, 6) is -0.615. The number of esters is 1. The Morgan fingerprint density at radius 3 is 2.75 bits per heavy atom. The Balaban J connectivity index is 1.54. The number of carbonyl (C=O) groups is 2. The molecule has 0 bridgehead atoms. The molecule has 7 heteroatoms. The number of ketones is 1. The highest BCUT2D eigenvalue weighted by atomic mass is 32.2. The van der Waals surface area contributed by atoms with E-state index < -0.39 is 5.97 Å². The van der Waals surface area contributed by atoms with E-state index in [1.54, 1.807) is 12.3 Å². The highest BCUT2D eigenvalue weighted by molar-refractivity contribution is 7.99. The molecule has 0 N–H and O–H groups in total. The van der Waals surface area contributed by atoms with Crippen molar-refractivity contribution in [1.82, 2.24) is 14.5 Å². The van der Waals surface area contributed by atoms with E-state index in [4.69, 9.17) is 4.74 Å². The number of carbonyl (C=O) groups excluding carboxylic acids is 2. The number of nitrogens with zero attached hydrogens (tertiary/aromatic N) is 3. The molecule has 0 radical (unpaired) electrons. The summed E-state index contributed by atoms with van der Waals surface area (Å²) in [4.78, 5) is 33.2. The van der Waals surface area contributed by atoms with Gasteiger partial charge in [-0.2, -0.15) is 0 Å². The second-order valence-electron chi connectivity index (χ2n) is 6.25. The number of hydrogen-bond acceptors (Lipinski definition) is 6. The standard InChI is InChI=1S/C21H21N3O3S/c1-4-9-24-14(2)10-16(15(24)3)19(25)12-27-21(26)13-28-20-11-22-17-7-5-6-8-18(17)23-20/h4-8,10-11H,1,9,12-13H2,2-3H3. The highest BCUT2D eigenvalue weighted by Crippen LogP contribution is 2.19. The van der Waals surface area contributed by atoms with Crippen molar-refractivity contribution in [3.8, 4) is 0 Å². The van der Waals surface area contributed by atoms with Gasteiger partial charge in [0, 0.05) is 23.5 Å². The van der Waals surface area contributed by atoms with Crippen LogP contribution >= 0.6 is 11.8 Å².